The van der Waals surface area contributed by atoms with E-state index in [1.165, 1.54) is 26.2 Å². The topological polar surface area (TPSA) is 429 Å². The molecule has 6 rings (SSSR count). The van der Waals surface area contributed by atoms with Gasteiger partial charge in [0.2, 0.25) is 0 Å². The molecule has 1 aliphatic carbocycles. The minimum atomic E-state index is -5.05. The summed E-state index contributed by atoms with van der Waals surface area (Å²) in [6, 6.07) is -3.15. The number of carbonyl (C=O) groups excluding carboxylic acids is 1. The molecule has 1 unspecified atom stereocenters. The van der Waals surface area contributed by atoms with Crippen molar-refractivity contribution in [3.05, 3.63) is 65.2 Å². The molecule has 4 fully saturated rings. The number of ether oxygens (including phenoxy) is 4. The molecule has 28 heteroatoms. The fourth-order valence-electron chi connectivity index (χ4n) is 8.49. The van der Waals surface area contributed by atoms with Crippen LogP contribution in [0.2, 0.25) is 0 Å². The summed E-state index contributed by atoms with van der Waals surface area (Å²) in [5.41, 5.74) is 21.9. The lowest BCUT2D eigenvalue weighted by Crippen LogP contribution is -2.69. The summed E-state index contributed by atoms with van der Waals surface area (Å²) in [6.07, 6.45) is -9.69. The third-order valence-electron chi connectivity index (χ3n) is 12.3. The predicted molar refractivity (Wildman–Crippen MR) is 228 cm³/mol. The molecule has 0 bridgehead atoms. The molecule has 0 aromatic carbocycles. The number of aromatic nitrogens is 4. The van der Waals surface area contributed by atoms with Gasteiger partial charge in [-0.2, -0.15) is 0 Å². The normalized spacial score (nSPS) is 35.7. The zero-order valence-corrected chi connectivity index (χ0v) is 37.4. The van der Waals surface area contributed by atoms with Crippen molar-refractivity contribution >= 4 is 13.7 Å². The maximum Gasteiger partial charge on any atom is 0.472 e. The monoisotopic (exact) mass is 962 g/mol. The summed E-state index contributed by atoms with van der Waals surface area (Å²) < 4.78 is 49.5. The summed E-state index contributed by atoms with van der Waals surface area (Å²) in [5, 5.41) is 48.3. The Labute approximate surface area is 376 Å². The van der Waals surface area contributed by atoms with Crippen molar-refractivity contribution in [3.8, 4) is 0 Å². The van der Waals surface area contributed by atoms with E-state index in [1.807, 2.05) is 0 Å². The molecular formula is C38H63N10O17P. The number of nitrogens with zero attached hydrogens (tertiary/aromatic N) is 2. The third kappa shape index (κ3) is 12.2. The van der Waals surface area contributed by atoms with Gasteiger partial charge in [-0.05, 0) is 39.7 Å². The molecule has 17 atom stereocenters. The second kappa shape index (κ2) is 22.2. The van der Waals surface area contributed by atoms with Crippen LogP contribution < -0.4 is 56.1 Å². The van der Waals surface area contributed by atoms with Gasteiger partial charge in [0.15, 0.2) is 12.4 Å². The molecule has 0 radical (unpaired) electrons. The Morgan fingerprint density at radius 2 is 1.42 bits per heavy atom. The molecule has 1 amide bonds. The van der Waals surface area contributed by atoms with E-state index in [4.69, 9.17) is 50.9 Å². The molecular weight excluding hydrogens is 899 g/mol. The third-order valence-corrected chi connectivity index (χ3v) is 13.3. The maximum atomic E-state index is 13.5. The quantitative estimate of drug-likeness (QED) is 0.0461. The van der Waals surface area contributed by atoms with Crippen LogP contribution in [0.5, 0.6) is 0 Å². The van der Waals surface area contributed by atoms with E-state index in [0.717, 1.165) is 9.13 Å². The number of nitrogens with one attached hydrogen (secondary N) is 4. The molecule has 27 nitrogen and oxygen atoms in total. The first kappa shape index (κ1) is 51.8. The number of hydrogen-bond donors (Lipinski definition) is 13. The minimum Gasteiger partial charge on any atom is -0.390 e. The van der Waals surface area contributed by atoms with Crippen molar-refractivity contribution in [1.29, 1.82) is 0 Å². The number of phosphoric ester groups is 1. The Bertz CT molecular complexity index is 2260. The van der Waals surface area contributed by atoms with Crippen molar-refractivity contribution in [2.24, 2.45) is 22.9 Å². The highest BCUT2D eigenvalue weighted by Crippen LogP contribution is 2.49. The smallest absolute Gasteiger partial charge is 0.390 e. The number of H-pyrrole nitrogens is 2. The predicted octanol–water partition coefficient (Wildman–Crippen LogP) is -5.69. The molecule has 4 aliphatic rings. The van der Waals surface area contributed by atoms with Gasteiger partial charge in [-0.3, -0.25) is 42.5 Å². The van der Waals surface area contributed by atoms with Crippen LogP contribution in [-0.2, 0) is 37.4 Å². The zero-order chi connectivity index (χ0) is 48.2. The molecule has 0 spiro atoms. The number of nitrogens with two attached hydrogens (primary N) is 4. The number of aliphatic hydroxyl groups is 4. The average Bonchev–Trinajstić information content (AvgIpc) is 3.85. The summed E-state index contributed by atoms with van der Waals surface area (Å²) in [6.45, 7) is 2.69. The van der Waals surface area contributed by atoms with Crippen molar-refractivity contribution in [2.75, 3.05) is 26.2 Å². The van der Waals surface area contributed by atoms with E-state index in [1.54, 1.807) is 0 Å². The highest BCUT2D eigenvalue weighted by molar-refractivity contribution is 7.47. The molecule has 2 aromatic heterocycles. The Morgan fingerprint density at radius 3 is 2.05 bits per heavy atom. The SMILES string of the molecule is Cc1cn([C@H]2C[C@H](OP(=O)(O)OC[C@H]3O[C@@H](n4cc(C)c(=O)[nH]c4=O)C[C@@H]3O)[C@@H](C(=O)NCCCCCCN[C@H]3[C@@H](O)[C@H](N)C[C@H](N)[C@H]3O[C@H]3O[C@H](CN)[C@@H](O)[C@H](O)[C@H]3N)O2)c(=O)[nH]c1=O. The molecule has 3 saturated heterocycles. The fourth-order valence-corrected chi connectivity index (χ4v) is 9.43. The maximum absolute atomic E-state index is 13.5. The van der Waals surface area contributed by atoms with E-state index in [9.17, 15) is 53.9 Å². The number of phosphoric acid groups is 1. The van der Waals surface area contributed by atoms with Crippen LogP contribution in [-0.4, -0.2) is 162 Å². The van der Waals surface area contributed by atoms with Gasteiger partial charge in [-0.25, -0.2) is 14.2 Å². The molecule has 17 N–H and O–H groups in total. The number of amides is 1. The average molecular weight is 963 g/mol. The van der Waals surface area contributed by atoms with E-state index < -0.39 is 141 Å². The van der Waals surface area contributed by atoms with Crippen LogP contribution in [0.15, 0.2) is 31.6 Å². The lowest BCUT2D eigenvalue weighted by atomic mass is 9.82. The van der Waals surface area contributed by atoms with Crippen LogP contribution in [0, 0.1) is 13.8 Å². The number of rotatable bonds is 19. The molecule has 372 valence electrons. The van der Waals surface area contributed by atoms with E-state index in [2.05, 4.69) is 20.6 Å². The summed E-state index contributed by atoms with van der Waals surface area (Å²) in [7, 11) is -5.05. The summed E-state index contributed by atoms with van der Waals surface area (Å²) in [4.78, 5) is 77.6. The molecule has 66 heavy (non-hydrogen) atoms. The van der Waals surface area contributed by atoms with E-state index in [0.29, 0.717) is 32.2 Å². The summed E-state index contributed by atoms with van der Waals surface area (Å²) >= 11 is 0. The van der Waals surface area contributed by atoms with E-state index in [-0.39, 0.29) is 43.5 Å². The number of aromatic amines is 2. The number of hydrogen-bond acceptors (Lipinski definition) is 21. The number of carbonyl (C=O) groups is 1. The zero-order valence-electron chi connectivity index (χ0n) is 36.5. The standard InChI is InChI=1S/C38H63N10O17P/c1-16-13-47(37(56)45-33(16)53)24-10-20(49)23(61-24)15-60-66(58,59)65-21-11-25(48-14-17(2)34(54)46-38(48)57)63-32(21)35(55)44-8-6-4-3-5-7-43-27-28(50)18(40)9-19(41)31(27)64-36-26(42)30(52)29(51)22(12-39)62-36/h13-14,18-32,36,43,49-52H,3-12,15,39-42H2,1-2H3,(H,44,55)(H,58,59)(H,45,53,56)(H,46,54,57)/t18-,19+,20+,21+,22-,23-,24-,25-,26-,27+,28+,29-,30-,31-,32+,36-/m1/s1. The Balaban J connectivity index is 1.000. The Morgan fingerprint density at radius 1 is 0.818 bits per heavy atom. The second-order valence-electron chi connectivity index (χ2n) is 17.2. The van der Waals surface area contributed by atoms with Crippen molar-refractivity contribution in [2.45, 2.75) is 157 Å². The van der Waals surface area contributed by atoms with Crippen molar-refractivity contribution in [1.82, 2.24) is 29.7 Å². The fraction of sp³-hybridized carbons (Fsp3) is 0.763. The van der Waals surface area contributed by atoms with Crippen LogP contribution in [0.3, 0.4) is 0 Å². The number of unbranched alkanes of at least 4 members (excludes halogenated alkanes) is 3. The Hall–Kier alpha value is -3.58. The number of aryl methyl sites for hydroxylation is 2. The van der Waals surface area contributed by atoms with Crippen molar-refractivity contribution in [3.63, 3.8) is 0 Å². The van der Waals surface area contributed by atoms with Crippen molar-refractivity contribution < 1.29 is 62.7 Å². The number of aliphatic hydroxyl groups excluding tert-OH is 4. The van der Waals surface area contributed by atoms with Gasteiger partial charge in [-0.1, -0.05) is 12.8 Å². The van der Waals surface area contributed by atoms with Crippen LogP contribution >= 0.6 is 7.82 Å². The lowest BCUT2D eigenvalue weighted by Gasteiger charge is -2.47. The largest absolute Gasteiger partial charge is 0.472 e. The van der Waals surface area contributed by atoms with Gasteiger partial charge in [0, 0.05) is 61.5 Å². The lowest BCUT2D eigenvalue weighted by molar-refractivity contribution is -0.279. The molecule has 2 aromatic rings. The van der Waals surface area contributed by atoms with Gasteiger partial charge in [-0.15, -0.1) is 0 Å². The first-order chi connectivity index (χ1) is 31.2. The first-order valence-corrected chi connectivity index (χ1v) is 23.3. The van der Waals surface area contributed by atoms with Crippen LogP contribution in [0.25, 0.3) is 0 Å². The van der Waals surface area contributed by atoms with Gasteiger partial charge in [0.25, 0.3) is 17.0 Å². The first-order valence-electron chi connectivity index (χ1n) is 21.8. The highest BCUT2D eigenvalue weighted by atomic mass is 31.2. The molecule has 5 heterocycles. The van der Waals surface area contributed by atoms with Crippen LogP contribution in [0.1, 0.15) is 68.5 Å². The van der Waals surface area contributed by atoms with Gasteiger partial charge in [0.1, 0.15) is 43.0 Å². The van der Waals surface area contributed by atoms with E-state index >= 15 is 0 Å². The van der Waals surface area contributed by atoms with Crippen LogP contribution in [0.4, 0.5) is 0 Å². The molecule has 3 aliphatic heterocycles. The highest BCUT2D eigenvalue weighted by Gasteiger charge is 2.49. The second-order valence-corrected chi connectivity index (χ2v) is 18.6. The van der Waals surface area contributed by atoms with Gasteiger partial charge < -0.3 is 77.8 Å². The minimum absolute atomic E-state index is 0.103. The summed E-state index contributed by atoms with van der Waals surface area (Å²) in [5.74, 6) is -0.733. The Kier molecular flexibility index (Phi) is 17.5. The van der Waals surface area contributed by atoms with Gasteiger partial charge in [0.05, 0.1) is 37.0 Å². The van der Waals surface area contributed by atoms with Gasteiger partial charge >= 0.3 is 19.2 Å². The molecule has 1 saturated carbocycles.